The van der Waals surface area contributed by atoms with Gasteiger partial charge in [0, 0.05) is 7.11 Å². The first-order chi connectivity index (χ1) is 8.97. The third-order valence-electron chi connectivity index (χ3n) is 1.69. The summed E-state index contributed by atoms with van der Waals surface area (Å²) in [6.07, 6.45) is 1.08. The van der Waals surface area contributed by atoms with E-state index in [4.69, 9.17) is 23.0 Å². The van der Waals surface area contributed by atoms with Crippen molar-refractivity contribution >= 4 is 13.8 Å². The highest BCUT2D eigenvalue weighted by Gasteiger charge is 2.28. The van der Waals surface area contributed by atoms with E-state index in [1.54, 1.807) is 13.8 Å². The van der Waals surface area contributed by atoms with Crippen LogP contribution >= 0.6 is 7.82 Å². The van der Waals surface area contributed by atoms with E-state index in [0.717, 1.165) is 6.08 Å². The van der Waals surface area contributed by atoms with Crippen LogP contribution < -0.4 is 0 Å². The van der Waals surface area contributed by atoms with Crippen molar-refractivity contribution in [2.45, 2.75) is 20.8 Å². The Labute approximate surface area is 113 Å². The molecule has 0 spiro atoms. The molecule has 0 heterocycles. The van der Waals surface area contributed by atoms with Crippen LogP contribution in [0.2, 0.25) is 0 Å². The predicted octanol–water partition coefficient (Wildman–Crippen LogP) is 2.28. The van der Waals surface area contributed by atoms with Crippen molar-refractivity contribution in [3.05, 3.63) is 11.8 Å². The van der Waals surface area contributed by atoms with Crippen LogP contribution in [0, 0.1) is 0 Å². The first-order valence-electron chi connectivity index (χ1n) is 5.90. The van der Waals surface area contributed by atoms with Gasteiger partial charge in [0.2, 0.25) is 0 Å². The number of hydrogen-bond donors (Lipinski definition) is 0. The van der Waals surface area contributed by atoms with Crippen LogP contribution in [-0.4, -0.2) is 39.5 Å². The highest BCUT2D eigenvalue weighted by Crippen LogP contribution is 2.51. The van der Waals surface area contributed by atoms with Gasteiger partial charge in [-0.15, -0.1) is 0 Å². The molecule has 0 amide bonds. The quantitative estimate of drug-likeness (QED) is 0.201. The van der Waals surface area contributed by atoms with E-state index in [9.17, 15) is 9.36 Å². The van der Waals surface area contributed by atoms with E-state index in [1.165, 1.54) is 14.0 Å². The number of methoxy groups -OCH3 is 1. The summed E-state index contributed by atoms with van der Waals surface area (Å²) in [5.74, 6) is -0.493. The number of hydrogen-bond acceptors (Lipinski definition) is 7. The number of carbonyl (C=O) groups is 1. The minimum Gasteiger partial charge on any atom is -0.463 e. The summed E-state index contributed by atoms with van der Waals surface area (Å²) >= 11 is 0. The Kier molecular flexibility index (Phi) is 9.51. The molecule has 112 valence electrons. The van der Waals surface area contributed by atoms with E-state index in [-0.39, 0.29) is 32.2 Å². The monoisotopic (exact) mass is 296 g/mol. The molecule has 0 aromatic heterocycles. The topological polar surface area (TPSA) is 80.3 Å². The van der Waals surface area contributed by atoms with Crippen molar-refractivity contribution in [2.24, 2.45) is 0 Å². The number of phosphoric ester groups is 1. The smallest absolute Gasteiger partial charge is 0.463 e. The molecule has 0 aromatic carbocycles. The zero-order valence-corrected chi connectivity index (χ0v) is 12.6. The van der Waals surface area contributed by atoms with Gasteiger partial charge in [-0.1, -0.05) is 0 Å². The van der Waals surface area contributed by atoms with Crippen LogP contribution in [0.15, 0.2) is 11.8 Å². The zero-order valence-electron chi connectivity index (χ0n) is 11.7. The summed E-state index contributed by atoms with van der Waals surface area (Å²) in [4.78, 5) is 11.2. The highest BCUT2D eigenvalue weighted by molar-refractivity contribution is 7.48. The minimum absolute atomic E-state index is 0.0560. The molecule has 0 aliphatic carbocycles. The summed E-state index contributed by atoms with van der Waals surface area (Å²) in [5, 5.41) is 0. The van der Waals surface area contributed by atoms with E-state index in [0.29, 0.717) is 0 Å². The normalized spacial score (nSPS) is 14.8. The molecule has 8 heteroatoms. The molecule has 0 bridgehead atoms. The molecule has 7 nitrogen and oxygen atoms in total. The van der Waals surface area contributed by atoms with Gasteiger partial charge in [0.1, 0.15) is 5.76 Å². The maximum absolute atomic E-state index is 12.1. The van der Waals surface area contributed by atoms with Gasteiger partial charge in [0.05, 0.1) is 32.5 Å². The van der Waals surface area contributed by atoms with Crippen molar-refractivity contribution in [3.63, 3.8) is 0 Å². The molecular formula is C11H21O7P. The second kappa shape index (κ2) is 9.97. The largest absolute Gasteiger partial charge is 0.529 e. The van der Waals surface area contributed by atoms with E-state index < -0.39 is 13.8 Å². The van der Waals surface area contributed by atoms with Gasteiger partial charge in [-0.05, 0) is 20.8 Å². The molecule has 0 aliphatic rings. The number of ether oxygens (including phenoxy) is 2. The third kappa shape index (κ3) is 8.77. The number of phosphoric acid groups is 1. The Hall–Kier alpha value is -0.880. The summed E-state index contributed by atoms with van der Waals surface area (Å²) in [6.45, 7) is 5.50. The Morgan fingerprint density at radius 3 is 2.37 bits per heavy atom. The lowest BCUT2D eigenvalue weighted by Gasteiger charge is -2.17. The van der Waals surface area contributed by atoms with Crippen LogP contribution in [0.25, 0.3) is 0 Å². The molecule has 0 radical (unpaired) electrons. The average molecular weight is 296 g/mol. The van der Waals surface area contributed by atoms with Crippen LogP contribution in [0.3, 0.4) is 0 Å². The van der Waals surface area contributed by atoms with Gasteiger partial charge in [-0.25, -0.2) is 9.36 Å². The Balaban J connectivity index is 4.54. The number of allylic oxidation sites excluding steroid dienone is 1. The van der Waals surface area contributed by atoms with Crippen LogP contribution in [0.5, 0.6) is 0 Å². The lowest BCUT2D eigenvalue weighted by molar-refractivity contribution is -0.137. The summed E-state index contributed by atoms with van der Waals surface area (Å²) < 4.78 is 36.6. The lowest BCUT2D eigenvalue weighted by atomic mass is 10.5. The number of esters is 1. The summed E-state index contributed by atoms with van der Waals surface area (Å²) in [7, 11) is -2.25. The molecule has 0 aromatic rings. The van der Waals surface area contributed by atoms with Gasteiger partial charge in [0.25, 0.3) is 0 Å². The Morgan fingerprint density at radius 1 is 1.16 bits per heavy atom. The second-order valence-electron chi connectivity index (χ2n) is 3.29. The SMILES string of the molecule is CCOC(=O)/C=C(\C)OP(=O)(OCC)OCCOC. The van der Waals surface area contributed by atoms with Crippen LogP contribution in [0.1, 0.15) is 20.8 Å². The van der Waals surface area contributed by atoms with Crippen molar-refractivity contribution < 1.29 is 32.4 Å². The third-order valence-corrected chi connectivity index (χ3v) is 3.27. The first kappa shape index (κ1) is 18.1. The molecule has 1 atom stereocenters. The molecule has 1 unspecified atom stereocenters. The van der Waals surface area contributed by atoms with Gasteiger partial charge in [0.15, 0.2) is 0 Å². The summed E-state index contributed by atoms with van der Waals surface area (Å²) in [6, 6.07) is 0. The van der Waals surface area contributed by atoms with Crippen LogP contribution in [0.4, 0.5) is 0 Å². The molecule has 0 aliphatic heterocycles. The maximum atomic E-state index is 12.1. The fourth-order valence-electron chi connectivity index (χ4n) is 1.03. The van der Waals surface area contributed by atoms with Crippen molar-refractivity contribution in [1.29, 1.82) is 0 Å². The summed E-state index contributed by atoms with van der Waals surface area (Å²) in [5.41, 5.74) is 0. The van der Waals surface area contributed by atoms with E-state index in [1.807, 2.05) is 0 Å². The van der Waals surface area contributed by atoms with E-state index in [2.05, 4.69) is 0 Å². The fraction of sp³-hybridized carbons (Fsp3) is 0.727. The molecule has 0 saturated heterocycles. The van der Waals surface area contributed by atoms with Crippen molar-refractivity contribution in [2.75, 3.05) is 33.5 Å². The molecule has 0 saturated carbocycles. The Bertz CT molecular complexity index is 340. The van der Waals surface area contributed by atoms with Crippen molar-refractivity contribution in [1.82, 2.24) is 0 Å². The average Bonchev–Trinajstić information content (AvgIpc) is 2.29. The number of carbonyl (C=O) groups excluding carboxylic acids is 1. The molecule has 0 rings (SSSR count). The lowest BCUT2D eigenvalue weighted by Crippen LogP contribution is -2.06. The standard InChI is InChI=1S/C11H21O7P/c1-5-15-11(12)9-10(3)18-19(13,16-6-2)17-8-7-14-4/h9H,5-8H2,1-4H3/b10-9+. The molecule has 0 N–H and O–H groups in total. The van der Waals surface area contributed by atoms with Crippen LogP contribution in [-0.2, 0) is 32.4 Å². The highest BCUT2D eigenvalue weighted by atomic mass is 31.2. The van der Waals surface area contributed by atoms with Gasteiger partial charge >= 0.3 is 13.8 Å². The fourth-order valence-corrected chi connectivity index (χ4v) is 2.23. The molecular weight excluding hydrogens is 275 g/mol. The molecule has 0 fully saturated rings. The Morgan fingerprint density at radius 2 is 1.84 bits per heavy atom. The van der Waals surface area contributed by atoms with Gasteiger partial charge < -0.3 is 14.0 Å². The van der Waals surface area contributed by atoms with Gasteiger partial charge in [-0.2, -0.15) is 0 Å². The van der Waals surface area contributed by atoms with Crippen molar-refractivity contribution in [3.8, 4) is 0 Å². The maximum Gasteiger partial charge on any atom is 0.529 e. The zero-order chi connectivity index (χ0) is 14.7. The first-order valence-corrected chi connectivity index (χ1v) is 7.36. The van der Waals surface area contributed by atoms with Gasteiger partial charge in [-0.3, -0.25) is 9.05 Å². The second-order valence-corrected chi connectivity index (χ2v) is 4.88. The minimum atomic E-state index is -3.74. The number of rotatable bonds is 10. The molecule has 19 heavy (non-hydrogen) atoms. The predicted molar refractivity (Wildman–Crippen MR) is 68.5 cm³/mol. The van der Waals surface area contributed by atoms with E-state index >= 15 is 0 Å².